The Balaban J connectivity index is 1.23. The van der Waals surface area contributed by atoms with E-state index in [1.807, 2.05) is 52.0 Å². The van der Waals surface area contributed by atoms with Crippen LogP contribution in [-0.4, -0.2) is 27.7 Å². The summed E-state index contributed by atoms with van der Waals surface area (Å²) in [6.07, 6.45) is 4.05. The zero-order valence-corrected chi connectivity index (χ0v) is 22.1. The maximum atomic E-state index is 13.0. The molecule has 2 atom stereocenters. The number of aryl methyl sites for hydroxylation is 1. The van der Waals surface area contributed by atoms with Gasteiger partial charge in [-0.05, 0) is 79.2 Å². The van der Waals surface area contributed by atoms with Crippen molar-refractivity contribution in [3.05, 3.63) is 71.0 Å². The van der Waals surface area contributed by atoms with E-state index in [0.717, 1.165) is 34.6 Å². The number of aromatic nitrogens is 2. The molecule has 1 fully saturated rings. The second-order valence-corrected chi connectivity index (χ2v) is 11.0. The molecule has 1 heterocycles. The van der Waals surface area contributed by atoms with Crippen molar-refractivity contribution in [2.75, 3.05) is 5.32 Å². The van der Waals surface area contributed by atoms with Crippen molar-refractivity contribution in [1.29, 1.82) is 0 Å². The van der Waals surface area contributed by atoms with Gasteiger partial charge in [0.25, 0.3) is 0 Å². The summed E-state index contributed by atoms with van der Waals surface area (Å²) in [4.78, 5) is 25.1. The van der Waals surface area contributed by atoms with E-state index in [9.17, 15) is 9.59 Å². The number of ether oxygens (including phenoxy) is 1. The monoisotopic (exact) mass is 500 g/mol. The summed E-state index contributed by atoms with van der Waals surface area (Å²) >= 11 is 0. The number of hydrogen-bond donors (Lipinski definition) is 2. The number of nitrogens with two attached hydrogens (primary N) is 1. The van der Waals surface area contributed by atoms with Gasteiger partial charge >= 0.3 is 5.97 Å². The molecule has 7 heteroatoms. The molecular formula is C30H36N4O3. The fraction of sp³-hybridized carbons (Fsp3) is 0.433. The van der Waals surface area contributed by atoms with E-state index in [-0.39, 0.29) is 18.6 Å². The molecule has 5 rings (SSSR count). The molecule has 7 nitrogen and oxygen atoms in total. The van der Waals surface area contributed by atoms with Gasteiger partial charge in [-0.3, -0.25) is 9.59 Å². The number of benzene rings is 2. The van der Waals surface area contributed by atoms with Gasteiger partial charge < -0.3 is 15.8 Å². The molecule has 1 amide bonds. The van der Waals surface area contributed by atoms with Crippen LogP contribution in [0.1, 0.15) is 61.5 Å². The van der Waals surface area contributed by atoms with Crippen LogP contribution in [0.25, 0.3) is 11.1 Å². The second kappa shape index (κ2) is 9.78. The van der Waals surface area contributed by atoms with Crippen molar-refractivity contribution in [3.8, 4) is 11.1 Å². The van der Waals surface area contributed by atoms with Crippen LogP contribution in [0.4, 0.5) is 5.69 Å². The van der Waals surface area contributed by atoms with Crippen LogP contribution in [0.2, 0.25) is 0 Å². The van der Waals surface area contributed by atoms with Crippen LogP contribution in [0.3, 0.4) is 0 Å². The molecule has 2 aliphatic carbocycles. The Labute approximate surface area is 218 Å². The molecule has 2 unspecified atom stereocenters. The van der Waals surface area contributed by atoms with Gasteiger partial charge in [0.2, 0.25) is 5.91 Å². The highest BCUT2D eigenvalue weighted by Crippen LogP contribution is 2.64. The molecule has 2 aromatic carbocycles. The molecule has 0 radical (unpaired) electrons. The fourth-order valence-corrected chi connectivity index (χ4v) is 5.73. The predicted molar refractivity (Wildman–Crippen MR) is 144 cm³/mol. The summed E-state index contributed by atoms with van der Waals surface area (Å²) in [7, 11) is 0. The van der Waals surface area contributed by atoms with E-state index in [1.165, 1.54) is 24.0 Å². The van der Waals surface area contributed by atoms with Gasteiger partial charge in [-0.2, -0.15) is 5.10 Å². The Morgan fingerprint density at radius 1 is 1.14 bits per heavy atom. The minimum Gasteiger partial charge on any atom is -0.441 e. The highest BCUT2D eigenvalue weighted by Gasteiger charge is 2.54. The number of amides is 1. The van der Waals surface area contributed by atoms with Gasteiger partial charge in [0.15, 0.2) is 6.73 Å². The van der Waals surface area contributed by atoms with Crippen molar-refractivity contribution in [2.45, 2.75) is 72.1 Å². The standard InChI is InChI=1S/C30H36N4O3/c1-18(2)28(31)29(36)37-17-34-20(4)27(19(3)33-34)21-9-11-23(12-10-21)32-26(35)15-25-24-8-6-5-7-22(24)16-30(25)13-14-30/h5-12,18,25,28H,13-17,31H2,1-4H3,(H,32,35). The predicted octanol–water partition coefficient (Wildman–Crippen LogP) is 5.10. The second-order valence-electron chi connectivity index (χ2n) is 11.0. The Morgan fingerprint density at radius 2 is 1.84 bits per heavy atom. The first-order valence-electron chi connectivity index (χ1n) is 13.1. The quantitative estimate of drug-likeness (QED) is 0.419. The first-order chi connectivity index (χ1) is 17.7. The van der Waals surface area contributed by atoms with Crippen LogP contribution in [0, 0.1) is 25.2 Å². The summed E-state index contributed by atoms with van der Waals surface area (Å²) in [6.45, 7) is 7.68. The number of rotatable bonds is 8. The van der Waals surface area contributed by atoms with Gasteiger partial charge in [0, 0.05) is 23.4 Å². The number of carbonyl (C=O) groups excluding carboxylic acids is 2. The minimum absolute atomic E-state index is 0.00585. The molecule has 3 aromatic rings. The molecular weight excluding hydrogens is 464 g/mol. The first-order valence-corrected chi connectivity index (χ1v) is 13.1. The van der Waals surface area contributed by atoms with Crippen molar-refractivity contribution in [2.24, 2.45) is 17.1 Å². The summed E-state index contributed by atoms with van der Waals surface area (Å²) < 4.78 is 7.06. The van der Waals surface area contributed by atoms with Gasteiger partial charge in [-0.25, -0.2) is 4.68 Å². The zero-order valence-electron chi connectivity index (χ0n) is 22.1. The number of fused-ring (bicyclic) bond motifs is 1. The third-order valence-corrected chi connectivity index (χ3v) is 8.15. The third-order valence-electron chi connectivity index (χ3n) is 8.15. The Kier molecular flexibility index (Phi) is 6.67. The number of hydrogen-bond acceptors (Lipinski definition) is 5. The van der Waals surface area contributed by atoms with Crippen molar-refractivity contribution < 1.29 is 14.3 Å². The highest BCUT2D eigenvalue weighted by atomic mass is 16.5. The molecule has 1 saturated carbocycles. The number of carbonyl (C=O) groups is 2. The number of nitrogens with one attached hydrogen (secondary N) is 1. The molecule has 0 bridgehead atoms. The molecule has 37 heavy (non-hydrogen) atoms. The maximum absolute atomic E-state index is 13.0. The molecule has 0 aliphatic heterocycles. The topological polar surface area (TPSA) is 99.2 Å². The number of esters is 1. The maximum Gasteiger partial charge on any atom is 0.324 e. The van der Waals surface area contributed by atoms with Gasteiger partial charge in [0.1, 0.15) is 6.04 Å². The SMILES string of the molecule is Cc1nn(COC(=O)C(N)C(C)C)c(C)c1-c1ccc(NC(=O)CC2c3ccccc3CC23CC3)cc1. The lowest BCUT2D eigenvalue weighted by atomic mass is 9.86. The van der Waals surface area contributed by atoms with E-state index in [2.05, 4.69) is 34.7 Å². The molecule has 3 N–H and O–H groups in total. The van der Waals surface area contributed by atoms with E-state index in [0.29, 0.717) is 17.8 Å². The lowest BCUT2D eigenvalue weighted by Crippen LogP contribution is -2.37. The number of anilines is 1. The molecule has 1 aromatic heterocycles. The zero-order chi connectivity index (χ0) is 26.3. The minimum atomic E-state index is -0.655. The summed E-state index contributed by atoms with van der Waals surface area (Å²) in [5.74, 6) is -0.0603. The highest BCUT2D eigenvalue weighted by molar-refractivity contribution is 5.92. The molecule has 194 valence electrons. The van der Waals surface area contributed by atoms with Crippen LogP contribution >= 0.6 is 0 Å². The smallest absolute Gasteiger partial charge is 0.324 e. The Morgan fingerprint density at radius 3 is 2.51 bits per heavy atom. The van der Waals surface area contributed by atoms with E-state index >= 15 is 0 Å². The van der Waals surface area contributed by atoms with E-state index in [4.69, 9.17) is 10.5 Å². The fourth-order valence-electron chi connectivity index (χ4n) is 5.73. The Hall–Kier alpha value is -3.45. The van der Waals surface area contributed by atoms with Crippen LogP contribution in [0.5, 0.6) is 0 Å². The van der Waals surface area contributed by atoms with Crippen molar-refractivity contribution in [3.63, 3.8) is 0 Å². The van der Waals surface area contributed by atoms with Gasteiger partial charge in [-0.15, -0.1) is 0 Å². The lowest BCUT2D eigenvalue weighted by molar-refractivity contribution is -0.150. The summed E-state index contributed by atoms with van der Waals surface area (Å²) in [5, 5.41) is 7.66. The molecule has 1 spiro atoms. The van der Waals surface area contributed by atoms with Crippen LogP contribution in [0.15, 0.2) is 48.5 Å². The van der Waals surface area contributed by atoms with Crippen LogP contribution < -0.4 is 11.1 Å². The van der Waals surface area contributed by atoms with Gasteiger partial charge in [-0.1, -0.05) is 50.2 Å². The number of nitrogens with zero attached hydrogens (tertiary/aromatic N) is 2. The summed E-state index contributed by atoms with van der Waals surface area (Å²) in [6, 6.07) is 15.8. The van der Waals surface area contributed by atoms with Crippen LogP contribution in [-0.2, 0) is 27.5 Å². The summed E-state index contributed by atoms with van der Waals surface area (Å²) in [5.41, 5.74) is 13.4. The third kappa shape index (κ3) is 4.92. The normalized spacial score (nSPS) is 18.1. The van der Waals surface area contributed by atoms with Crippen molar-refractivity contribution in [1.82, 2.24) is 9.78 Å². The first kappa shape index (κ1) is 25.2. The Bertz CT molecular complexity index is 1320. The lowest BCUT2D eigenvalue weighted by Gasteiger charge is -2.19. The van der Waals surface area contributed by atoms with E-state index < -0.39 is 12.0 Å². The molecule has 2 aliphatic rings. The molecule has 0 saturated heterocycles. The van der Waals surface area contributed by atoms with Crippen molar-refractivity contribution >= 4 is 17.6 Å². The average Bonchev–Trinajstić information content (AvgIpc) is 3.51. The van der Waals surface area contributed by atoms with Gasteiger partial charge in [0.05, 0.1) is 5.69 Å². The van der Waals surface area contributed by atoms with E-state index in [1.54, 1.807) is 4.68 Å². The largest absolute Gasteiger partial charge is 0.441 e. The average molecular weight is 501 g/mol.